The van der Waals surface area contributed by atoms with Gasteiger partial charge in [0.15, 0.2) is 0 Å². The minimum absolute atomic E-state index is 0.136. The second-order valence-electron chi connectivity index (χ2n) is 4.33. The molecule has 0 radical (unpaired) electrons. The van der Waals surface area contributed by atoms with Gasteiger partial charge in [0.2, 0.25) is 21.9 Å². The van der Waals surface area contributed by atoms with Gasteiger partial charge in [0.25, 0.3) is 0 Å². The largest absolute Gasteiger partial charge is 0.304 e. The number of carbonyl (C=O) groups excluding carboxylic acids is 1. The summed E-state index contributed by atoms with van der Waals surface area (Å²) in [5.41, 5.74) is -0.808. The predicted molar refractivity (Wildman–Crippen MR) is 68.1 cm³/mol. The molecule has 1 atom stereocenters. The van der Waals surface area contributed by atoms with Gasteiger partial charge in [0, 0.05) is 18.7 Å². The van der Waals surface area contributed by atoms with Crippen LogP contribution in [0.5, 0.6) is 0 Å². The van der Waals surface area contributed by atoms with Crippen LogP contribution in [0, 0.1) is 15.9 Å². The van der Waals surface area contributed by atoms with Gasteiger partial charge in [0.05, 0.1) is 9.82 Å². The molecule has 0 aliphatic carbocycles. The molecule has 0 bridgehead atoms. The van der Waals surface area contributed by atoms with Gasteiger partial charge in [-0.2, -0.15) is 13.7 Å². The minimum atomic E-state index is -4.08. The summed E-state index contributed by atoms with van der Waals surface area (Å²) >= 11 is 0. The highest BCUT2D eigenvalue weighted by molar-refractivity contribution is 7.89. The maximum absolute atomic E-state index is 13.6. The van der Waals surface area contributed by atoms with E-state index in [1.807, 2.05) is 0 Å². The molecular weight excluding hydrogens is 305 g/mol. The summed E-state index contributed by atoms with van der Waals surface area (Å²) in [7, 11) is -4.08. The zero-order valence-electron chi connectivity index (χ0n) is 10.6. The molecule has 21 heavy (non-hydrogen) atoms. The zero-order chi connectivity index (χ0) is 15.6. The summed E-state index contributed by atoms with van der Waals surface area (Å²) in [6.07, 6.45) is 1.30. The van der Waals surface area contributed by atoms with E-state index < -0.39 is 37.5 Å². The van der Waals surface area contributed by atoms with Crippen LogP contribution in [0.25, 0.3) is 0 Å². The average Bonchev–Trinajstić information content (AvgIpc) is 2.87. The first-order valence-corrected chi connectivity index (χ1v) is 7.34. The number of aliphatic imine (C=N–C) groups is 1. The van der Waals surface area contributed by atoms with E-state index in [2.05, 4.69) is 4.99 Å². The second kappa shape index (κ2) is 5.68. The van der Waals surface area contributed by atoms with Crippen molar-refractivity contribution in [1.29, 1.82) is 0 Å². The molecule has 1 aliphatic heterocycles. The maximum Gasteiger partial charge on any atom is 0.304 e. The van der Waals surface area contributed by atoms with E-state index in [1.54, 1.807) is 0 Å². The summed E-state index contributed by atoms with van der Waals surface area (Å²) in [5, 5.41) is 10.5. The SMILES string of the molecule is O=C=NC1CCCN1S(=O)(=O)c1ccc([N+](=O)[O-])c(F)c1. The van der Waals surface area contributed by atoms with E-state index in [4.69, 9.17) is 0 Å². The van der Waals surface area contributed by atoms with Crippen molar-refractivity contribution in [1.82, 2.24) is 4.31 Å². The third-order valence-corrected chi connectivity index (χ3v) is 4.99. The Kier molecular flexibility index (Phi) is 4.12. The van der Waals surface area contributed by atoms with Gasteiger partial charge >= 0.3 is 5.69 Å². The molecule has 112 valence electrons. The number of hydrogen-bond acceptors (Lipinski definition) is 6. The minimum Gasteiger partial charge on any atom is -0.258 e. The number of benzene rings is 1. The molecule has 0 aromatic heterocycles. The van der Waals surface area contributed by atoms with Gasteiger partial charge in [-0.3, -0.25) is 10.1 Å². The van der Waals surface area contributed by atoms with Crippen LogP contribution in [0.2, 0.25) is 0 Å². The molecule has 1 heterocycles. The molecule has 0 N–H and O–H groups in total. The Morgan fingerprint density at radius 1 is 1.48 bits per heavy atom. The van der Waals surface area contributed by atoms with Crippen LogP contribution in [0.15, 0.2) is 28.1 Å². The van der Waals surface area contributed by atoms with Crippen LogP contribution in [-0.4, -0.2) is 36.4 Å². The Morgan fingerprint density at radius 3 is 2.76 bits per heavy atom. The number of nitro groups is 1. The van der Waals surface area contributed by atoms with Crippen molar-refractivity contribution in [2.45, 2.75) is 23.9 Å². The smallest absolute Gasteiger partial charge is 0.258 e. The molecule has 2 rings (SSSR count). The lowest BCUT2D eigenvalue weighted by molar-refractivity contribution is -0.387. The van der Waals surface area contributed by atoms with E-state index in [9.17, 15) is 27.7 Å². The highest BCUT2D eigenvalue weighted by Gasteiger charge is 2.36. The quantitative estimate of drug-likeness (QED) is 0.358. The van der Waals surface area contributed by atoms with E-state index in [1.165, 1.54) is 6.08 Å². The molecule has 8 nitrogen and oxygen atoms in total. The molecule has 0 saturated carbocycles. The molecule has 1 aliphatic rings. The Hall–Kier alpha value is -2.16. The van der Waals surface area contributed by atoms with Crippen LogP contribution < -0.4 is 0 Å². The number of rotatable bonds is 4. The van der Waals surface area contributed by atoms with Gasteiger partial charge in [0.1, 0.15) is 6.17 Å². The monoisotopic (exact) mass is 315 g/mol. The van der Waals surface area contributed by atoms with Crippen LogP contribution in [0.1, 0.15) is 12.8 Å². The molecule has 10 heteroatoms. The van der Waals surface area contributed by atoms with E-state index in [0.29, 0.717) is 18.9 Å². The Labute approximate surface area is 119 Å². The molecular formula is C11H10FN3O5S. The number of halogens is 1. The zero-order valence-corrected chi connectivity index (χ0v) is 11.4. The second-order valence-corrected chi connectivity index (χ2v) is 6.22. The highest BCUT2D eigenvalue weighted by atomic mass is 32.2. The third kappa shape index (κ3) is 2.82. The third-order valence-electron chi connectivity index (χ3n) is 3.10. The number of hydrogen-bond donors (Lipinski definition) is 0. The van der Waals surface area contributed by atoms with Crippen molar-refractivity contribution in [3.8, 4) is 0 Å². The first-order chi connectivity index (χ1) is 9.87. The van der Waals surface area contributed by atoms with Gasteiger partial charge in [-0.25, -0.2) is 13.2 Å². The van der Waals surface area contributed by atoms with Gasteiger partial charge in [-0.05, 0) is 18.9 Å². The summed E-state index contributed by atoms with van der Waals surface area (Å²) < 4.78 is 39.2. The van der Waals surface area contributed by atoms with Crippen LogP contribution in [0.4, 0.5) is 10.1 Å². The Morgan fingerprint density at radius 2 is 2.19 bits per heavy atom. The first kappa shape index (κ1) is 15.2. The lowest BCUT2D eigenvalue weighted by atomic mass is 10.3. The molecule has 1 aromatic carbocycles. The van der Waals surface area contributed by atoms with Crippen molar-refractivity contribution in [3.63, 3.8) is 0 Å². The lowest BCUT2D eigenvalue weighted by Gasteiger charge is -2.19. The summed E-state index contributed by atoms with van der Waals surface area (Å²) in [6.45, 7) is 0.136. The van der Waals surface area contributed by atoms with Crippen LogP contribution in [-0.2, 0) is 14.8 Å². The Balaban J connectivity index is 2.42. The number of nitrogens with zero attached hydrogens (tertiary/aromatic N) is 3. The fraction of sp³-hybridized carbons (Fsp3) is 0.364. The van der Waals surface area contributed by atoms with Crippen LogP contribution >= 0.6 is 0 Å². The molecule has 1 saturated heterocycles. The topological polar surface area (TPSA) is 110 Å². The molecule has 0 amide bonds. The van der Waals surface area contributed by atoms with E-state index in [0.717, 1.165) is 16.4 Å². The summed E-state index contributed by atoms with van der Waals surface area (Å²) in [4.78, 5) is 22.9. The van der Waals surface area contributed by atoms with E-state index >= 15 is 0 Å². The standard InChI is InChI=1S/C11H10FN3O5S/c12-9-6-8(3-4-10(9)15(17)18)21(19,20)14-5-1-2-11(14)13-7-16/h3-4,6,11H,1-2,5H2. The Bertz CT molecular complexity index is 729. The highest BCUT2D eigenvalue weighted by Crippen LogP contribution is 2.28. The van der Waals surface area contributed by atoms with Gasteiger partial charge in [-0.1, -0.05) is 0 Å². The molecule has 1 unspecified atom stereocenters. The average molecular weight is 315 g/mol. The van der Waals surface area contributed by atoms with Crippen molar-refractivity contribution in [2.75, 3.05) is 6.54 Å². The van der Waals surface area contributed by atoms with E-state index in [-0.39, 0.29) is 6.54 Å². The predicted octanol–water partition coefficient (Wildman–Crippen LogP) is 1.18. The number of sulfonamides is 1. The summed E-state index contributed by atoms with van der Waals surface area (Å²) in [6, 6.07) is 2.33. The van der Waals surface area contributed by atoms with Crippen LogP contribution in [0.3, 0.4) is 0 Å². The fourth-order valence-electron chi connectivity index (χ4n) is 2.12. The van der Waals surface area contributed by atoms with Crippen molar-refractivity contribution < 1.29 is 22.5 Å². The molecule has 0 spiro atoms. The normalized spacial score (nSPS) is 19.2. The van der Waals surface area contributed by atoms with Crippen molar-refractivity contribution in [2.24, 2.45) is 4.99 Å². The first-order valence-electron chi connectivity index (χ1n) is 5.90. The lowest BCUT2D eigenvalue weighted by Crippen LogP contribution is -2.34. The number of nitro benzene ring substituents is 1. The van der Waals surface area contributed by atoms with Crippen molar-refractivity contribution >= 4 is 21.8 Å². The van der Waals surface area contributed by atoms with Gasteiger partial charge in [-0.15, -0.1) is 0 Å². The molecule has 1 aromatic rings. The fourth-order valence-corrected chi connectivity index (χ4v) is 3.73. The maximum atomic E-state index is 13.6. The van der Waals surface area contributed by atoms with Crippen molar-refractivity contribution in [3.05, 3.63) is 34.1 Å². The summed E-state index contributed by atoms with van der Waals surface area (Å²) in [5.74, 6) is -1.24. The molecule has 1 fully saturated rings. The van der Waals surface area contributed by atoms with Gasteiger partial charge < -0.3 is 0 Å². The number of isocyanates is 1.